The van der Waals surface area contributed by atoms with Crippen molar-refractivity contribution in [2.24, 2.45) is 0 Å². The quantitative estimate of drug-likeness (QED) is 0.683. The molecule has 0 amide bonds. The lowest BCUT2D eigenvalue weighted by atomic mass is 9.99. The standard InChI is InChI=1S/C19H19NO/c1-4-14-6-8-18-16(10-14)17(11-21)19(20-18)15-7-5-12(2)9-13(15)3/h5-11,20H,4H2,1-3H3. The number of hydrogen-bond acceptors (Lipinski definition) is 1. The number of rotatable bonds is 3. The lowest BCUT2D eigenvalue weighted by molar-refractivity contribution is 0.112. The molecule has 21 heavy (non-hydrogen) atoms. The number of aromatic amines is 1. The van der Waals surface area contributed by atoms with Gasteiger partial charge in [-0.05, 0) is 43.5 Å². The van der Waals surface area contributed by atoms with Gasteiger partial charge in [0.2, 0.25) is 0 Å². The van der Waals surface area contributed by atoms with Gasteiger partial charge < -0.3 is 4.98 Å². The number of aryl methyl sites for hydroxylation is 3. The highest BCUT2D eigenvalue weighted by Gasteiger charge is 2.14. The average Bonchev–Trinajstić information content (AvgIpc) is 2.84. The summed E-state index contributed by atoms with van der Waals surface area (Å²) < 4.78 is 0. The molecule has 2 aromatic carbocycles. The molecule has 1 heterocycles. The fourth-order valence-electron chi connectivity index (χ4n) is 2.91. The molecule has 0 saturated carbocycles. The summed E-state index contributed by atoms with van der Waals surface area (Å²) in [6, 6.07) is 12.6. The van der Waals surface area contributed by atoms with Gasteiger partial charge in [-0.2, -0.15) is 0 Å². The molecule has 0 aliphatic rings. The van der Waals surface area contributed by atoms with E-state index >= 15 is 0 Å². The van der Waals surface area contributed by atoms with Crippen LogP contribution in [0.15, 0.2) is 36.4 Å². The zero-order valence-electron chi connectivity index (χ0n) is 12.7. The monoisotopic (exact) mass is 277 g/mol. The molecule has 2 heteroatoms. The summed E-state index contributed by atoms with van der Waals surface area (Å²) in [6.45, 7) is 6.29. The molecule has 0 atom stereocenters. The van der Waals surface area contributed by atoms with Gasteiger partial charge in [-0.25, -0.2) is 0 Å². The third-order valence-electron chi connectivity index (χ3n) is 4.08. The molecular formula is C19H19NO. The molecule has 1 aromatic heterocycles. The summed E-state index contributed by atoms with van der Waals surface area (Å²) in [6.07, 6.45) is 1.94. The predicted octanol–water partition coefficient (Wildman–Crippen LogP) is 4.83. The molecule has 0 aliphatic carbocycles. The first-order chi connectivity index (χ1) is 10.1. The first kappa shape index (κ1) is 13.6. The molecule has 0 radical (unpaired) electrons. The van der Waals surface area contributed by atoms with Crippen LogP contribution in [0.5, 0.6) is 0 Å². The molecule has 3 rings (SSSR count). The highest BCUT2D eigenvalue weighted by molar-refractivity contribution is 6.04. The molecule has 0 spiro atoms. The Morgan fingerprint density at radius 2 is 1.90 bits per heavy atom. The Kier molecular flexibility index (Phi) is 3.38. The number of aldehydes is 1. The Balaban J connectivity index is 2.29. The third-order valence-corrected chi connectivity index (χ3v) is 4.08. The minimum absolute atomic E-state index is 0.757. The van der Waals surface area contributed by atoms with E-state index in [0.717, 1.165) is 40.4 Å². The van der Waals surface area contributed by atoms with E-state index in [-0.39, 0.29) is 0 Å². The van der Waals surface area contributed by atoms with Crippen LogP contribution >= 0.6 is 0 Å². The van der Waals surface area contributed by atoms with Crippen LogP contribution < -0.4 is 0 Å². The van der Waals surface area contributed by atoms with Crippen LogP contribution in [0.1, 0.15) is 34.0 Å². The number of nitrogens with one attached hydrogen (secondary N) is 1. The van der Waals surface area contributed by atoms with Gasteiger partial charge in [0.25, 0.3) is 0 Å². The van der Waals surface area contributed by atoms with Crippen LogP contribution in [0.3, 0.4) is 0 Å². The van der Waals surface area contributed by atoms with Crippen LogP contribution in [0.25, 0.3) is 22.2 Å². The molecule has 106 valence electrons. The number of benzene rings is 2. The van der Waals surface area contributed by atoms with Gasteiger partial charge >= 0.3 is 0 Å². The summed E-state index contributed by atoms with van der Waals surface area (Å²) in [5, 5.41) is 1.01. The second-order valence-corrected chi connectivity index (χ2v) is 5.58. The first-order valence-electron chi connectivity index (χ1n) is 7.31. The normalized spacial score (nSPS) is 11.0. The van der Waals surface area contributed by atoms with Crippen molar-refractivity contribution in [3.8, 4) is 11.3 Å². The Bertz CT molecular complexity index is 827. The van der Waals surface area contributed by atoms with E-state index in [1.54, 1.807) is 0 Å². The van der Waals surface area contributed by atoms with Gasteiger partial charge in [-0.1, -0.05) is 36.8 Å². The molecular weight excluding hydrogens is 258 g/mol. The Hall–Kier alpha value is -2.35. The molecule has 0 saturated heterocycles. The average molecular weight is 277 g/mol. The summed E-state index contributed by atoms with van der Waals surface area (Å²) in [7, 11) is 0. The van der Waals surface area contributed by atoms with Crippen LogP contribution in [-0.2, 0) is 6.42 Å². The number of aromatic nitrogens is 1. The molecule has 0 unspecified atom stereocenters. The van der Waals surface area contributed by atoms with E-state index in [1.807, 2.05) is 0 Å². The van der Waals surface area contributed by atoms with Crippen LogP contribution in [0.4, 0.5) is 0 Å². The minimum atomic E-state index is 0.757. The van der Waals surface area contributed by atoms with E-state index in [0.29, 0.717) is 0 Å². The van der Waals surface area contributed by atoms with Crippen molar-refractivity contribution in [2.45, 2.75) is 27.2 Å². The number of carbonyl (C=O) groups is 1. The van der Waals surface area contributed by atoms with Gasteiger partial charge in [0.1, 0.15) is 0 Å². The second-order valence-electron chi connectivity index (χ2n) is 5.58. The van der Waals surface area contributed by atoms with Gasteiger partial charge in [0, 0.05) is 22.0 Å². The summed E-state index contributed by atoms with van der Waals surface area (Å²) in [5.41, 5.74) is 7.45. The molecule has 0 fully saturated rings. The van der Waals surface area contributed by atoms with E-state index in [4.69, 9.17) is 0 Å². The Morgan fingerprint density at radius 1 is 1.10 bits per heavy atom. The van der Waals surface area contributed by atoms with Crippen molar-refractivity contribution in [2.75, 3.05) is 0 Å². The Labute approximate surface area is 124 Å². The van der Waals surface area contributed by atoms with Gasteiger partial charge in [-0.15, -0.1) is 0 Å². The van der Waals surface area contributed by atoms with Crippen LogP contribution in [0, 0.1) is 13.8 Å². The number of H-pyrrole nitrogens is 1. The molecule has 3 aromatic rings. The summed E-state index contributed by atoms with van der Waals surface area (Å²) >= 11 is 0. The second kappa shape index (κ2) is 5.21. The van der Waals surface area contributed by atoms with Crippen molar-refractivity contribution in [1.82, 2.24) is 4.98 Å². The zero-order valence-corrected chi connectivity index (χ0v) is 12.7. The number of carbonyl (C=O) groups excluding carboxylic acids is 1. The lowest BCUT2D eigenvalue weighted by Gasteiger charge is -2.06. The molecule has 0 aliphatic heterocycles. The summed E-state index contributed by atoms with van der Waals surface area (Å²) in [4.78, 5) is 15.0. The molecule has 2 nitrogen and oxygen atoms in total. The van der Waals surface area contributed by atoms with Crippen molar-refractivity contribution < 1.29 is 4.79 Å². The number of fused-ring (bicyclic) bond motifs is 1. The first-order valence-corrected chi connectivity index (χ1v) is 7.31. The SMILES string of the molecule is CCc1ccc2[nH]c(-c3ccc(C)cc3C)c(C=O)c2c1. The maximum Gasteiger partial charge on any atom is 0.152 e. The lowest BCUT2D eigenvalue weighted by Crippen LogP contribution is -1.89. The van der Waals surface area contributed by atoms with Gasteiger partial charge in [0.15, 0.2) is 6.29 Å². The fraction of sp³-hybridized carbons (Fsp3) is 0.211. The van der Waals surface area contributed by atoms with Crippen molar-refractivity contribution in [3.05, 3.63) is 58.7 Å². The van der Waals surface area contributed by atoms with Crippen molar-refractivity contribution >= 4 is 17.2 Å². The Morgan fingerprint density at radius 3 is 2.57 bits per heavy atom. The maximum absolute atomic E-state index is 11.6. The smallest absolute Gasteiger partial charge is 0.152 e. The zero-order chi connectivity index (χ0) is 15.0. The predicted molar refractivity (Wildman–Crippen MR) is 88.0 cm³/mol. The molecule has 1 N–H and O–H groups in total. The minimum Gasteiger partial charge on any atom is -0.354 e. The van der Waals surface area contributed by atoms with Crippen LogP contribution in [0.2, 0.25) is 0 Å². The van der Waals surface area contributed by atoms with E-state index in [2.05, 4.69) is 62.2 Å². The highest BCUT2D eigenvalue weighted by Crippen LogP contribution is 2.32. The maximum atomic E-state index is 11.6. The number of hydrogen-bond donors (Lipinski definition) is 1. The van der Waals surface area contributed by atoms with Gasteiger partial charge in [-0.3, -0.25) is 4.79 Å². The van der Waals surface area contributed by atoms with E-state index < -0.39 is 0 Å². The van der Waals surface area contributed by atoms with Gasteiger partial charge in [0.05, 0.1) is 5.69 Å². The van der Waals surface area contributed by atoms with Crippen molar-refractivity contribution in [3.63, 3.8) is 0 Å². The largest absolute Gasteiger partial charge is 0.354 e. The highest BCUT2D eigenvalue weighted by atomic mass is 16.1. The molecule has 0 bridgehead atoms. The van der Waals surface area contributed by atoms with Crippen LogP contribution in [-0.4, -0.2) is 11.3 Å². The van der Waals surface area contributed by atoms with E-state index in [9.17, 15) is 4.79 Å². The van der Waals surface area contributed by atoms with E-state index in [1.165, 1.54) is 16.7 Å². The summed E-state index contributed by atoms with van der Waals surface area (Å²) in [5.74, 6) is 0. The topological polar surface area (TPSA) is 32.9 Å². The fourth-order valence-corrected chi connectivity index (χ4v) is 2.91. The third kappa shape index (κ3) is 2.27. The van der Waals surface area contributed by atoms with Crippen molar-refractivity contribution in [1.29, 1.82) is 0 Å².